The first-order valence-electron chi connectivity index (χ1n) is 6.23. The molecule has 0 aliphatic carbocycles. The Balaban J connectivity index is 2.18. The largest absolute Gasteiger partial charge is 0.388 e. The van der Waals surface area contributed by atoms with Crippen LogP contribution in [0.15, 0.2) is 36.5 Å². The average molecular weight is 241 g/mol. The summed E-state index contributed by atoms with van der Waals surface area (Å²) >= 11 is 0. The molecule has 0 spiro atoms. The fourth-order valence-corrected chi connectivity index (χ4v) is 2.05. The third-order valence-electron chi connectivity index (χ3n) is 3.17. The lowest BCUT2D eigenvalue weighted by Crippen LogP contribution is -2.05. The zero-order chi connectivity index (χ0) is 13.1. The number of hydrogen-bond donors (Lipinski definition) is 1. The van der Waals surface area contributed by atoms with E-state index in [0.29, 0.717) is 6.42 Å². The molecule has 0 aliphatic rings. The second-order valence-corrected chi connectivity index (χ2v) is 4.91. The molecule has 1 unspecified atom stereocenters. The van der Waals surface area contributed by atoms with Gasteiger partial charge >= 0.3 is 0 Å². The Bertz CT molecular complexity index is 531. The third-order valence-corrected chi connectivity index (χ3v) is 3.17. The summed E-state index contributed by atoms with van der Waals surface area (Å²) < 4.78 is 0. The van der Waals surface area contributed by atoms with E-state index < -0.39 is 6.10 Å². The maximum Gasteiger partial charge on any atom is 0.0848 e. The summed E-state index contributed by atoms with van der Waals surface area (Å²) in [6.07, 6.45) is 1.91. The van der Waals surface area contributed by atoms with E-state index in [9.17, 15) is 5.11 Å². The highest BCUT2D eigenvalue weighted by atomic mass is 16.3. The first-order chi connectivity index (χ1) is 8.56. The Morgan fingerprint density at radius 1 is 1.06 bits per heavy atom. The summed E-state index contributed by atoms with van der Waals surface area (Å²) in [5.41, 5.74) is 5.36. The van der Waals surface area contributed by atoms with E-state index in [-0.39, 0.29) is 0 Å². The molecule has 2 heteroatoms. The van der Waals surface area contributed by atoms with Crippen LogP contribution in [0.1, 0.15) is 34.1 Å². The molecule has 0 saturated heterocycles. The molecule has 2 aromatic rings. The molecular weight excluding hydrogens is 222 g/mol. The van der Waals surface area contributed by atoms with Crippen molar-refractivity contribution in [2.45, 2.75) is 33.3 Å². The standard InChI is InChI=1S/C16H19NO/c1-11-4-6-13(3)15(8-11)16(18)9-14-7-5-12(2)10-17-14/h4-8,10,16,18H,9H2,1-3H3. The summed E-state index contributed by atoms with van der Waals surface area (Å²) in [6.45, 7) is 6.08. The van der Waals surface area contributed by atoms with Crippen molar-refractivity contribution in [3.8, 4) is 0 Å². The Morgan fingerprint density at radius 3 is 2.44 bits per heavy atom. The number of aliphatic hydroxyl groups excluding tert-OH is 1. The quantitative estimate of drug-likeness (QED) is 0.894. The molecule has 1 N–H and O–H groups in total. The Kier molecular flexibility index (Phi) is 3.78. The number of aromatic nitrogens is 1. The molecule has 18 heavy (non-hydrogen) atoms. The van der Waals surface area contributed by atoms with Crippen LogP contribution in [0, 0.1) is 20.8 Å². The van der Waals surface area contributed by atoms with Crippen molar-refractivity contribution in [1.29, 1.82) is 0 Å². The van der Waals surface area contributed by atoms with E-state index in [0.717, 1.165) is 22.4 Å². The van der Waals surface area contributed by atoms with Gasteiger partial charge in [0.2, 0.25) is 0 Å². The highest BCUT2D eigenvalue weighted by molar-refractivity contribution is 5.32. The van der Waals surface area contributed by atoms with Crippen molar-refractivity contribution >= 4 is 0 Å². The molecule has 1 heterocycles. The van der Waals surface area contributed by atoms with E-state index in [1.54, 1.807) is 0 Å². The lowest BCUT2D eigenvalue weighted by molar-refractivity contribution is 0.176. The molecule has 1 atom stereocenters. The van der Waals surface area contributed by atoms with Gasteiger partial charge in [-0.1, -0.05) is 29.8 Å². The Hall–Kier alpha value is -1.67. The van der Waals surface area contributed by atoms with E-state index in [1.165, 1.54) is 5.56 Å². The lowest BCUT2D eigenvalue weighted by atomic mass is 9.98. The summed E-state index contributed by atoms with van der Waals surface area (Å²) in [6, 6.07) is 10.2. The van der Waals surface area contributed by atoms with Gasteiger partial charge in [0.25, 0.3) is 0 Å². The van der Waals surface area contributed by atoms with Crippen LogP contribution in [0.4, 0.5) is 0 Å². The number of nitrogens with zero attached hydrogens (tertiary/aromatic N) is 1. The minimum Gasteiger partial charge on any atom is -0.388 e. The fourth-order valence-electron chi connectivity index (χ4n) is 2.05. The lowest BCUT2D eigenvalue weighted by Gasteiger charge is -2.14. The van der Waals surface area contributed by atoms with Crippen LogP contribution in [0.5, 0.6) is 0 Å². The summed E-state index contributed by atoms with van der Waals surface area (Å²) in [7, 11) is 0. The molecule has 0 saturated carbocycles. The third kappa shape index (κ3) is 2.96. The van der Waals surface area contributed by atoms with Crippen LogP contribution < -0.4 is 0 Å². The highest BCUT2D eigenvalue weighted by Gasteiger charge is 2.12. The molecule has 2 nitrogen and oxygen atoms in total. The summed E-state index contributed by atoms with van der Waals surface area (Å²) in [5, 5.41) is 10.3. The zero-order valence-electron chi connectivity index (χ0n) is 11.1. The van der Waals surface area contributed by atoms with Gasteiger partial charge in [-0.2, -0.15) is 0 Å². The van der Waals surface area contributed by atoms with Crippen LogP contribution in [0.2, 0.25) is 0 Å². The smallest absolute Gasteiger partial charge is 0.0848 e. The predicted octanol–water partition coefficient (Wildman–Crippen LogP) is 3.28. The maximum atomic E-state index is 10.3. The van der Waals surface area contributed by atoms with Gasteiger partial charge in [0.15, 0.2) is 0 Å². The van der Waals surface area contributed by atoms with E-state index >= 15 is 0 Å². The number of aliphatic hydroxyl groups is 1. The molecular formula is C16H19NO. The number of pyridine rings is 1. The van der Waals surface area contributed by atoms with Crippen LogP contribution >= 0.6 is 0 Å². The highest BCUT2D eigenvalue weighted by Crippen LogP contribution is 2.22. The van der Waals surface area contributed by atoms with Crippen LogP contribution in [-0.2, 0) is 6.42 Å². The van der Waals surface area contributed by atoms with Crippen molar-refractivity contribution in [3.05, 3.63) is 64.5 Å². The van der Waals surface area contributed by atoms with Gasteiger partial charge in [-0.15, -0.1) is 0 Å². The van der Waals surface area contributed by atoms with Gasteiger partial charge in [-0.3, -0.25) is 4.98 Å². The summed E-state index contributed by atoms with van der Waals surface area (Å²) in [4.78, 5) is 4.34. The van der Waals surface area contributed by atoms with Crippen LogP contribution in [0.25, 0.3) is 0 Å². The average Bonchev–Trinajstić information content (AvgIpc) is 2.35. The Labute approximate surface area is 108 Å². The summed E-state index contributed by atoms with van der Waals surface area (Å²) in [5.74, 6) is 0. The second-order valence-electron chi connectivity index (χ2n) is 4.91. The zero-order valence-corrected chi connectivity index (χ0v) is 11.1. The van der Waals surface area contributed by atoms with Crippen LogP contribution in [0.3, 0.4) is 0 Å². The fraction of sp³-hybridized carbons (Fsp3) is 0.312. The monoisotopic (exact) mass is 241 g/mol. The molecule has 0 fully saturated rings. The molecule has 0 bridgehead atoms. The molecule has 0 aliphatic heterocycles. The predicted molar refractivity (Wildman–Crippen MR) is 73.6 cm³/mol. The van der Waals surface area contributed by atoms with Crippen LogP contribution in [-0.4, -0.2) is 10.1 Å². The number of hydrogen-bond acceptors (Lipinski definition) is 2. The molecule has 1 aromatic heterocycles. The topological polar surface area (TPSA) is 33.1 Å². The molecule has 0 radical (unpaired) electrons. The van der Waals surface area contributed by atoms with Crippen molar-refractivity contribution in [2.75, 3.05) is 0 Å². The van der Waals surface area contributed by atoms with Crippen molar-refractivity contribution in [2.24, 2.45) is 0 Å². The van der Waals surface area contributed by atoms with Gasteiger partial charge in [-0.25, -0.2) is 0 Å². The molecule has 94 valence electrons. The maximum absolute atomic E-state index is 10.3. The minimum absolute atomic E-state index is 0.486. The van der Waals surface area contributed by atoms with E-state index in [4.69, 9.17) is 0 Å². The number of benzene rings is 1. The SMILES string of the molecule is Cc1ccc(CC(O)c2cc(C)ccc2C)nc1. The van der Waals surface area contributed by atoms with Crippen molar-refractivity contribution in [1.82, 2.24) is 4.98 Å². The normalized spacial score (nSPS) is 12.4. The first kappa shape index (κ1) is 12.8. The molecule has 0 amide bonds. The van der Waals surface area contributed by atoms with Gasteiger partial charge in [0.1, 0.15) is 0 Å². The van der Waals surface area contributed by atoms with Crippen molar-refractivity contribution < 1.29 is 5.11 Å². The van der Waals surface area contributed by atoms with E-state index in [1.807, 2.05) is 45.2 Å². The van der Waals surface area contributed by atoms with Crippen molar-refractivity contribution in [3.63, 3.8) is 0 Å². The Morgan fingerprint density at radius 2 is 1.78 bits per heavy atom. The molecule has 1 aromatic carbocycles. The van der Waals surface area contributed by atoms with Gasteiger partial charge in [0.05, 0.1) is 6.10 Å². The molecule has 2 rings (SSSR count). The van der Waals surface area contributed by atoms with Gasteiger partial charge in [-0.05, 0) is 43.5 Å². The van der Waals surface area contributed by atoms with E-state index in [2.05, 4.69) is 17.1 Å². The second kappa shape index (κ2) is 5.32. The van der Waals surface area contributed by atoms with Gasteiger partial charge in [0, 0.05) is 18.3 Å². The number of aryl methyl sites for hydroxylation is 3. The first-order valence-corrected chi connectivity index (χ1v) is 6.23. The number of rotatable bonds is 3. The van der Waals surface area contributed by atoms with Gasteiger partial charge < -0.3 is 5.11 Å². The minimum atomic E-state index is -0.486.